The largest absolute Gasteiger partial charge is 0.303 e. The molecule has 3 heterocycles. The molecule has 4 heteroatoms. The van der Waals surface area contributed by atoms with Gasteiger partial charge in [-0.1, -0.05) is 6.42 Å². The molecule has 1 aromatic heterocycles. The van der Waals surface area contributed by atoms with Crippen molar-refractivity contribution >= 4 is 0 Å². The molecule has 3 aliphatic rings. The highest BCUT2D eigenvalue weighted by molar-refractivity contribution is 5.06. The van der Waals surface area contributed by atoms with E-state index >= 15 is 0 Å². The van der Waals surface area contributed by atoms with Gasteiger partial charge in [0.05, 0.1) is 11.7 Å². The second-order valence-corrected chi connectivity index (χ2v) is 6.77. The van der Waals surface area contributed by atoms with Crippen LogP contribution in [0.3, 0.4) is 0 Å². The molecule has 2 aliphatic heterocycles. The van der Waals surface area contributed by atoms with E-state index < -0.39 is 0 Å². The molecule has 4 nitrogen and oxygen atoms in total. The summed E-state index contributed by atoms with van der Waals surface area (Å²) in [5, 5.41) is 4.59. The van der Waals surface area contributed by atoms with Gasteiger partial charge in [-0.25, -0.2) is 0 Å². The third-order valence-corrected chi connectivity index (χ3v) is 5.48. The minimum absolute atomic E-state index is 0.593. The van der Waals surface area contributed by atoms with Crippen LogP contribution in [0.1, 0.15) is 50.3 Å². The average Bonchev–Trinajstić information content (AvgIpc) is 3.04. The van der Waals surface area contributed by atoms with Crippen LogP contribution in [0.25, 0.3) is 0 Å². The number of fused-ring (bicyclic) bond motifs is 1. The van der Waals surface area contributed by atoms with Crippen LogP contribution >= 0.6 is 0 Å². The van der Waals surface area contributed by atoms with Crippen LogP contribution < -0.4 is 0 Å². The third-order valence-electron chi connectivity index (χ3n) is 5.48. The third kappa shape index (κ3) is 2.40. The first kappa shape index (κ1) is 12.8. The molecular formula is C16H26N4. The highest BCUT2D eigenvalue weighted by Gasteiger charge is 2.32. The Kier molecular flexibility index (Phi) is 3.52. The van der Waals surface area contributed by atoms with Gasteiger partial charge in [0.15, 0.2) is 0 Å². The van der Waals surface area contributed by atoms with Crippen molar-refractivity contribution in [2.45, 2.75) is 57.2 Å². The van der Waals surface area contributed by atoms with E-state index in [1.165, 1.54) is 70.4 Å². The number of hydrogen-bond donors (Lipinski definition) is 0. The van der Waals surface area contributed by atoms with E-state index in [1.54, 1.807) is 0 Å². The Labute approximate surface area is 121 Å². The van der Waals surface area contributed by atoms with Crippen molar-refractivity contribution in [3.63, 3.8) is 0 Å². The maximum absolute atomic E-state index is 4.59. The molecule has 0 unspecified atom stereocenters. The zero-order chi connectivity index (χ0) is 13.4. The minimum Gasteiger partial charge on any atom is -0.303 e. The Morgan fingerprint density at radius 2 is 2.00 bits per heavy atom. The summed E-state index contributed by atoms with van der Waals surface area (Å²) in [5.41, 5.74) is 1.43. The van der Waals surface area contributed by atoms with Gasteiger partial charge in [0.2, 0.25) is 0 Å². The molecule has 4 rings (SSSR count). The predicted octanol–water partition coefficient (Wildman–Crippen LogP) is 2.28. The number of aromatic nitrogens is 2. The molecule has 0 amide bonds. The van der Waals surface area contributed by atoms with Crippen molar-refractivity contribution in [2.24, 2.45) is 0 Å². The molecule has 20 heavy (non-hydrogen) atoms. The fourth-order valence-electron chi connectivity index (χ4n) is 4.00. The second kappa shape index (κ2) is 5.49. The minimum atomic E-state index is 0.593. The number of likely N-dealkylation sites (tertiary alicyclic amines) is 1. The standard InChI is InChI=1S/C16H26N4/c1-2-10-18(9-1)11-7-16-13-19(14-4-3-5-14)12-15-6-8-17-20(15)16/h6,8,14,16H,1-5,7,9-13H2/t16-/m0/s1. The van der Waals surface area contributed by atoms with Crippen LogP contribution in [0.4, 0.5) is 0 Å². The summed E-state index contributed by atoms with van der Waals surface area (Å²) in [6, 6.07) is 3.66. The lowest BCUT2D eigenvalue weighted by atomic mass is 9.90. The Hall–Kier alpha value is -0.870. The fraction of sp³-hybridized carbons (Fsp3) is 0.812. The molecule has 1 aromatic rings. The number of hydrogen-bond acceptors (Lipinski definition) is 3. The smallest absolute Gasteiger partial charge is 0.0662 e. The van der Waals surface area contributed by atoms with E-state index in [-0.39, 0.29) is 0 Å². The van der Waals surface area contributed by atoms with Crippen LogP contribution in [0.15, 0.2) is 12.3 Å². The van der Waals surface area contributed by atoms with E-state index in [4.69, 9.17) is 0 Å². The average molecular weight is 274 g/mol. The maximum Gasteiger partial charge on any atom is 0.0662 e. The van der Waals surface area contributed by atoms with Gasteiger partial charge in [0, 0.05) is 31.9 Å². The molecule has 0 bridgehead atoms. The Bertz CT molecular complexity index is 445. The molecule has 0 spiro atoms. The van der Waals surface area contributed by atoms with Crippen LogP contribution in [-0.4, -0.2) is 51.8 Å². The van der Waals surface area contributed by atoms with E-state index in [2.05, 4.69) is 25.6 Å². The zero-order valence-electron chi connectivity index (χ0n) is 12.4. The van der Waals surface area contributed by atoms with Gasteiger partial charge in [0.25, 0.3) is 0 Å². The summed E-state index contributed by atoms with van der Waals surface area (Å²) in [7, 11) is 0. The summed E-state index contributed by atoms with van der Waals surface area (Å²) >= 11 is 0. The van der Waals surface area contributed by atoms with Crippen LogP contribution in [0.2, 0.25) is 0 Å². The summed E-state index contributed by atoms with van der Waals surface area (Å²) in [4.78, 5) is 5.35. The van der Waals surface area contributed by atoms with Crippen molar-refractivity contribution in [2.75, 3.05) is 26.2 Å². The molecule has 0 aromatic carbocycles. The summed E-state index contributed by atoms with van der Waals surface area (Å²) in [5.74, 6) is 0. The fourth-order valence-corrected chi connectivity index (χ4v) is 4.00. The molecular weight excluding hydrogens is 248 g/mol. The lowest BCUT2D eigenvalue weighted by Gasteiger charge is -2.43. The molecule has 110 valence electrons. The summed E-state index contributed by atoms with van der Waals surface area (Å²) < 4.78 is 2.31. The van der Waals surface area contributed by atoms with Gasteiger partial charge in [-0.2, -0.15) is 5.10 Å². The van der Waals surface area contributed by atoms with Crippen LogP contribution in [0.5, 0.6) is 0 Å². The lowest BCUT2D eigenvalue weighted by molar-refractivity contribution is 0.0703. The van der Waals surface area contributed by atoms with Gasteiger partial charge in [-0.05, 0) is 51.3 Å². The van der Waals surface area contributed by atoms with Crippen molar-refractivity contribution < 1.29 is 0 Å². The molecule has 0 radical (unpaired) electrons. The predicted molar refractivity (Wildman–Crippen MR) is 79.6 cm³/mol. The summed E-state index contributed by atoms with van der Waals surface area (Å²) in [6.07, 6.45) is 10.3. The molecule has 1 atom stereocenters. The maximum atomic E-state index is 4.59. The topological polar surface area (TPSA) is 24.3 Å². The van der Waals surface area contributed by atoms with Gasteiger partial charge >= 0.3 is 0 Å². The lowest BCUT2D eigenvalue weighted by Crippen LogP contribution is -2.47. The highest BCUT2D eigenvalue weighted by Crippen LogP contribution is 2.32. The van der Waals surface area contributed by atoms with E-state index in [0.29, 0.717) is 6.04 Å². The zero-order valence-corrected chi connectivity index (χ0v) is 12.4. The second-order valence-electron chi connectivity index (χ2n) is 6.77. The molecule has 1 saturated heterocycles. The van der Waals surface area contributed by atoms with Gasteiger partial charge in [0.1, 0.15) is 0 Å². The van der Waals surface area contributed by atoms with Crippen molar-refractivity contribution in [3.8, 4) is 0 Å². The van der Waals surface area contributed by atoms with Gasteiger partial charge < -0.3 is 4.90 Å². The monoisotopic (exact) mass is 274 g/mol. The van der Waals surface area contributed by atoms with Crippen molar-refractivity contribution in [1.82, 2.24) is 19.6 Å². The Balaban J connectivity index is 1.43. The van der Waals surface area contributed by atoms with Crippen LogP contribution in [0, 0.1) is 0 Å². The first-order valence-corrected chi connectivity index (χ1v) is 8.39. The molecule has 1 aliphatic carbocycles. The van der Waals surface area contributed by atoms with E-state index in [0.717, 1.165) is 12.6 Å². The van der Waals surface area contributed by atoms with Gasteiger partial charge in [-0.15, -0.1) is 0 Å². The quantitative estimate of drug-likeness (QED) is 0.842. The Morgan fingerprint density at radius 3 is 2.75 bits per heavy atom. The SMILES string of the molecule is c1cc2n(n1)[C@@H](CCN1CCCC1)CN(C1CCC1)C2. The summed E-state index contributed by atoms with van der Waals surface area (Å²) in [6.45, 7) is 6.20. The molecule has 0 N–H and O–H groups in total. The van der Waals surface area contributed by atoms with Gasteiger partial charge in [-0.3, -0.25) is 9.58 Å². The first-order chi connectivity index (χ1) is 9.90. The van der Waals surface area contributed by atoms with Crippen molar-refractivity contribution in [1.29, 1.82) is 0 Å². The molecule has 2 fully saturated rings. The Morgan fingerprint density at radius 1 is 1.15 bits per heavy atom. The van der Waals surface area contributed by atoms with E-state index in [9.17, 15) is 0 Å². The highest BCUT2D eigenvalue weighted by atomic mass is 15.4. The van der Waals surface area contributed by atoms with Crippen molar-refractivity contribution in [3.05, 3.63) is 18.0 Å². The van der Waals surface area contributed by atoms with E-state index in [1.807, 2.05) is 6.20 Å². The number of rotatable bonds is 4. The normalized spacial score (nSPS) is 28.5. The number of nitrogens with zero attached hydrogens (tertiary/aromatic N) is 4. The molecule has 1 saturated carbocycles. The van der Waals surface area contributed by atoms with Crippen LogP contribution in [-0.2, 0) is 6.54 Å². The first-order valence-electron chi connectivity index (χ1n) is 8.39.